The Labute approximate surface area is 215 Å². The van der Waals surface area contributed by atoms with Crippen LogP contribution >= 0.6 is 0 Å². The summed E-state index contributed by atoms with van der Waals surface area (Å²) in [5.74, 6) is 1.05. The number of rotatable bonds is 7. The lowest BCUT2D eigenvalue weighted by atomic mass is 9.56. The molecule has 1 saturated carbocycles. The van der Waals surface area contributed by atoms with E-state index in [-0.39, 0.29) is 35.4 Å². The molecule has 4 rings (SSSR count). The number of amides is 1. The molecule has 1 aliphatic heterocycles. The van der Waals surface area contributed by atoms with Crippen LogP contribution in [-0.4, -0.2) is 67.6 Å². The topological polar surface area (TPSA) is 59.1 Å². The molecule has 1 saturated heterocycles. The summed E-state index contributed by atoms with van der Waals surface area (Å²) in [6.07, 6.45) is 2.15. The molecule has 1 amide bonds. The van der Waals surface area contributed by atoms with E-state index in [0.29, 0.717) is 24.4 Å². The molecule has 0 radical (unpaired) electrons. The van der Waals surface area contributed by atoms with E-state index >= 15 is 0 Å². The molecular formula is C30H40N2O4. The molecule has 6 heteroatoms. The molecule has 2 fully saturated rings. The van der Waals surface area contributed by atoms with Crippen molar-refractivity contribution in [3.8, 4) is 5.75 Å². The van der Waals surface area contributed by atoms with E-state index in [9.17, 15) is 9.59 Å². The van der Waals surface area contributed by atoms with Crippen molar-refractivity contribution in [3.63, 3.8) is 0 Å². The van der Waals surface area contributed by atoms with E-state index in [1.165, 1.54) is 12.5 Å². The monoisotopic (exact) mass is 492 g/mol. The summed E-state index contributed by atoms with van der Waals surface area (Å²) in [6.45, 7) is 8.23. The summed E-state index contributed by atoms with van der Waals surface area (Å²) in [5.41, 5.74) is 1.68. The van der Waals surface area contributed by atoms with Crippen molar-refractivity contribution < 1.29 is 19.1 Å². The number of nitrogens with zero attached hydrogens (tertiary/aromatic N) is 2. The van der Waals surface area contributed by atoms with Crippen molar-refractivity contribution in [2.75, 3.05) is 33.8 Å². The average molecular weight is 493 g/mol. The van der Waals surface area contributed by atoms with E-state index in [1.54, 1.807) is 7.11 Å². The fraction of sp³-hybridized carbons (Fsp3) is 0.533. The zero-order chi connectivity index (χ0) is 25.9. The van der Waals surface area contributed by atoms with Gasteiger partial charge in [-0.3, -0.25) is 9.59 Å². The first-order valence-corrected chi connectivity index (χ1v) is 13.1. The standard InChI is InChI=1S/C30H40N2O4/c1-21(2)19-32(29(34)23-10-7-6-8-11-23)25-17-28(36-22(3)33)27-20-31(4)15-14-30(27,18-25)24-12-9-13-26(16-24)35-5/h6-13,16,21,25,27-28H,14-15,17-20H2,1-5H3/t25-,27+,28?,30+/m1/s1. The molecule has 1 unspecified atom stereocenters. The molecule has 2 aromatic carbocycles. The predicted octanol–water partition coefficient (Wildman–Crippen LogP) is 4.78. The van der Waals surface area contributed by atoms with Crippen LogP contribution in [0.15, 0.2) is 54.6 Å². The number of hydrogen-bond acceptors (Lipinski definition) is 5. The van der Waals surface area contributed by atoms with Gasteiger partial charge in [-0.05, 0) is 62.2 Å². The lowest BCUT2D eigenvalue weighted by Crippen LogP contribution is -2.62. The summed E-state index contributed by atoms with van der Waals surface area (Å²) < 4.78 is 11.6. The third-order valence-corrected chi connectivity index (χ3v) is 7.96. The van der Waals surface area contributed by atoms with Crippen LogP contribution < -0.4 is 4.74 Å². The summed E-state index contributed by atoms with van der Waals surface area (Å²) >= 11 is 0. The van der Waals surface area contributed by atoms with Crippen LogP contribution in [0.4, 0.5) is 0 Å². The third kappa shape index (κ3) is 5.44. The average Bonchev–Trinajstić information content (AvgIpc) is 2.87. The first kappa shape index (κ1) is 26.2. The second-order valence-electron chi connectivity index (χ2n) is 11.0. The summed E-state index contributed by atoms with van der Waals surface area (Å²) in [4.78, 5) is 30.5. The largest absolute Gasteiger partial charge is 0.497 e. The van der Waals surface area contributed by atoms with Crippen LogP contribution in [0.1, 0.15) is 56.0 Å². The number of esters is 1. The van der Waals surface area contributed by atoms with Gasteiger partial charge in [0, 0.05) is 49.4 Å². The molecule has 2 aromatic rings. The van der Waals surface area contributed by atoms with Gasteiger partial charge in [-0.1, -0.05) is 44.2 Å². The van der Waals surface area contributed by atoms with E-state index in [4.69, 9.17) is 9.47 Å². The van der Waals surface area contributed by atoms with E-state index < -0.39 is 0 Å². The highest BCUT2D eigenvalue weighted by Gasteiger charge is 2.54. The molecule has 1 aliphatic carbocycles. The number of fused-ring (bicyclic) bond motifs is 1. The lowest BCUT2D eigenvalue weighted by Gasteiger charge is -2.56. The van der Waals surface area contributed by atoms with Gasteiger partial charge in [0.25, 0.3) is 5.91 Å². The van der Waals surface area contributed by atoms with Crippen molar-refractivity contribution in [1.29, 1.82) is 0 Å². The van der Waals surface area contributed by atoms with Gasteiger partial charge < -0.3 is 19.3 Å². The Morgan fingerprint density at radius 1 is 1.14 bits per heavy atom. The summed E-state index contributed by atoms with van der Waals surface area (Å²) in [6, 6.07) is 17.8. The first-order chi connectivity index (χ1) is 17.2. The maximum Gasteiger partial charge on any atom is 0.302 e. The van der Waals surface area contributed by atoms with Crippen LogP contribution in [-0.2, 0) is 14.9 Å². The van der Waals surface area contributed by atoms with Crippen LogP contribution in [0.3, 0.4) is 0 Å². The van der Waals surface area contributed by atoms with Gasteiger partial charge in [0.15, 0.2) is 0 Å². The van der Waals surface area contributed by atoms with E-state index in [0.717, 1.165) is 31.7 Å². The SMILES string of the molecule is COc1cccc([C@@]23CCN(C)C[C@H]2C(OC(C)=O)C[C@@H](N(CC(C)C)C(=O)c2ccccc2)C3)c1. The highest BCUT2D eigenvalue weighted by molar-refractivity contribution is 5.94. The maximum absolute atomic E-state index is 13.9. The zero-order valence-corrected chi connectivity index (χ0v) is 22.3. The highest BCUT2D eigenvalue weighted by Crippen LogP contribution is 2.51. The Bertz CT molecular complexity index is 1060. The second kappa shape index (κ2) is 11.0. The van der Waals surface area contributed by atoms with Gasteiger partial charge in [0.1, 0.15) is 11.9 Å². The second-order valence-corrected chi connectivity index (χ2v) is 11.0. The van der Waals surface area contributed by atoms with Crippen molar-refractivity contribution in [3.05, 3.63) is 65.7 Å². The quantitative estimate of drug-likeness (QED) is 0.521. The van der Waals surface area contributed by atoms with Crippen LogP contribution in [0, 0.1) is 11.8 Å². The molecule has 6 nitrogen and oxygen atoms in total. The Morgan fingerprint density at radius 3 is 2.56 bits per heavy atom. The number of piperidine rings is 1. The van der Waals surface area contributed by atoms with Gasteiger partial charge in [-0.25, -0.2) is 0 Å². The molecule has 4 atom stereocenters. The van der Waals surface area contributed by atoms with Gasteiger partial charge in [-0.2, -0.15) is 0 Å². The number of methoxy groups -OCH3 is 1. The van der Waals surface area contributed by atoms with Crippen LogP contribution in [0.2, 0.25) is 0 Å². The number of benzene rings is 2. The van der Waals surface area contributed by atoms with Gasteiger partial charge in [0.05, 0.1) is 7.11 Å². The smallest absolute Gasteiger partial charge is 0.302 e. The van der Waals surface area contributed by atoms with Crippen molar-refractivity contribution in [2.24, 2.45) is 11.8 Å². The fourth-order valence-corrected chi connectivity index (χ4v) is 6.37. The van der Waals surface area contributed by atoms with Gasteiger partial charge in [-0.15, -0.1) is 0 Å². The molecular weight excluding hydrogens is 452 g/mol. The lowest BCUT2D eigenvalue weighted by molar-refractivity contribution is -0.158. The minimum atomic E-state index is -0.270. The number of carbonyl (C=O) groups is 2. The summed E-state index contributed by atoms with van der Waals surface area (Å²) in [7, 11) is 3.83. The molecule has 0 spiro atoms. The highest BCUT2D eigenvalue weighted by atomic mass is 16.5. The number of likely N-dealkylation sites (tertiary alicyclic amines) is 1. The number of ether oxygens (including phenoxy) is 2. The van der Waals surface area contributed by atoms with Gasteiger partial charge in [0.2, 0.25) is 0 Å². The minimum absolute atomic E-state index is 0.0445. The Hall–Kier alpha value is -2.86. The van der Waals surface area contributed by atoms with Crippen LogP contribution in [0.25, 0.3) is 0 Å². The Balaban J connectivity index is 1.80. The molecule has 1 heterocycles. The maximum atomic E-state index is 13.9. The number of carbonyl (C=O) groups excluding carboxylic acids is 2. The molecule has 0 aromatic heterocycles. The molecule has 0 N–H and O–H groups in total. The molecule has 194 valence electrons. The zero-order valence-electron chi connectivity index (χ0n) is 22.3. The number of hydrogen-bond donors (Lipinski definition) is 0. The normalized spacial score (nSPS) is 26.2. The van der Waals surface area contributed by atoms with Crippen LogP contribution in [0.5, 0.6) is 5.75 Å². The molecule has 0 bridgehead atoms. The predicted molar refractivity (Wildman–Crippen MR) is 141 cm³/mol. The van der Waals surface area contributed by atoms with E-state index in [2.05, 4.69) is 37.9 Å². The third-order valence-electron chi connectivity index (χ3n) is 7.96. The van der Waals surface area contributed by atoms with Crippen molar-refractivity contribution >= 4 is 11.9 Å². The molecule has 36 heavy (non-hydrogen) atoms. The molecule has 2 aliphatic rings. The van der Waals surface area contributed by atoms with Gasteiger partial charge >= 0.3 is 5.97 Å². The Kier molecular flexibility index (Phi) is 8.04. The van der Waals surface area contributed by atoms with Crippen molar-refractivity contribution in [1.82, 2.24) is 9.80 Å². The first-order valence-electron chi connectivity index (χ1n) is 13.1. The fourth-order valence-electron chi connectivity index (χ4n) is 6.37. The van der Waals surface area contributed by atoms with Crippen molar-refractivity contribution in [2.45, 2.75) is 57.6 Å². The Morgan fingerprint density at radius 2 is 1.89 bits per heavy atom. The van der Waals surface area contributed by atoms with E-state index in [1.807, 2.05) is 47.4 Å². The minimum Gasteiger partial charge on any atom is -0.497 e. The summed E-state index contributed by atoms with van der Waals surface area (Å²) in [5, 5.41) is 0.